The number of nitrogens with zero attached hydrogens (tertiary/aromatic N) is 13. The number of nitriles is 9. The van der Waals surface area contributed by atoms with Crippen LogP contribution in [0.5, 0.6) is 0 Å². The maximum absolute atomic E-state index is 11.3. The Morgan fingerprint density at radius 2 is 0.537 bits per heavy atom. The van der Waals surface area contributed by atoms with Crippen LogP contribution in [-0.2, 0) is 0 Å². The van der Waals surface area contributed by atoms with Gasteiger partial charge in [-0.3, -0.25) is 0 Å². The molecule has 13 nitrogen and oxygen atoms in total. The third-order valence-electron chi connectivity index (χ3n) is 14.6. The fourth-order valence-electron chi connectivity index (χ4n) is 11.1. The van der Waals surface area contributed by atoms with Crippen molar-refractivity contribution in [2.45, 2.75) is 13.8 Å². The van der Waals surface area contributed by atoms with Crippen molar-refractivity contribution < 1.29 is 0 Å². The first-order chi connectivity index (χ1) is 39.9. The van der Waals surface area contributed by atoms with Crippen LogP contribution in [0, 0.1) is 116 Å². The molecule has 0 radical (unpaired) electrons. The maximum Gasteiger partial charge on any atom is 0.126 e. The quantitative estimate of drug-likeness (QED) is 0.145. The number of hydrogen-bond donors (Lipinski definition) is 0. The van der Waals surface area contributed by atoms with Crippen molar-refractivity contribution in [3.8, 4) is 122 Å². The van der Waals surface area contributed by atoms with Crippen LogP contribution in [0.15, 0.2) is 164 Å². The maximum atomic E-state index is 11.3. The van der Waals surface area contributed by atoms with Gasteiger partial charge in [-0.1, -0.05) is 48.5 Å². The Balaban J connectivity index is 1.27. The lowest BCUT2D eigenvalue weighted by molar-refractivity contribution is 1.01. The molecule has 9 aromatic carbocycles. The van der Waals surface area contributed by atoms with Gasteiger partial charge in [-0.15, -0.1) is 0 Å². The molecule has 0 saturated carbocycles. The monoisotopic (exact) mass is 1040 g/mol. The number of rotatable bonds is 7. The molecule has 0 amide bonds. The average Bonchev–Trinajstić information content (AvgIpc) is 3.61. The van der Waals surface area contributed by atoms with Crippen molar-refractivity contribution in [2.75, 3.05) is 0 Å². The Morgan fingerprint density at radius 3 is 0.780 bits per heavy atom. The molecule has 0 saturated heterocycles. The molecule has 0 spiro atoms. The van der Waals surface area contributed by atoms with E-state index in [1.165, 1.54) is 24.3 Å². The van der Waals surface area contributed by atoms with Crippen molar-refractivity contribution in [1.29, 1.82) is 47.4 Å². The van der Waals surface area contributed by atoms with E-state index in [4.69, 9.17) is 9.97 Å². The second-order valence-electron chi connectivity index (χ2n) is 19.6. The largest absolute Gasteiger partial charge is 0.308 e. The number of benzene rings is 9. The smallest absolute Gasteiger partial charge is 0.126 e. The highest BCUT2D eigenvalue weighted by molar-refractivity contribution is 6.14. The summed E-state index contributed by atoms with van der Waals surface area (Å²) < 4.78 is 4.14. The van der Waals surface area contributed by atoms with Crippen LogP contribution in [0.1, 0.15) is 61.6 Å². The van der Waals surface area contributed by atoms with Crippen LogP contribution < -0.4 is 0 Å². The first kappa shape index (κ1) is 49.9. The first-order valence-corrected chi connectivity index (χ1v) is 25.4. The Labute approximate surface area is 468 Å². The molecule has 0 atom stereocenters. The van der Waals surface area contributed by atoms with Gasteiger partial charge in [0, 0.05) is 32.8 Å². The van der Waals surface area contributed by atoms with Gasteiger partial charge in [-0.2, -0.15) is 47.4 Å². The van der Waals surface area contributed by atoms with Gasteiger partial charge >= 0.3 is 0 Å². The zero-order chi connectivity index (χ0) is 56.9. The third-order valence-corrected chi connectivity index (χ3v) is 14.6. The normalized spacial score (nSPS) is 10.7. The second kappa shape index (κ2) is 19.9. The number of hydrogen-bond acceptors (Lipinski definition) is 11. The van der Waals surface area contributed by atoms with E-state index in [0.717, 1.165) is 21.5 Å². The molecule has 0 bridgehead atoms. The summed E-state index contributed by atoms with van der Waals surface area (Å²) in [7, 11) is 0. The highest BCUT2D eigenvalue weighted by atomic mass is 15.0. The lowest BCUT2D eigenvalue weighted by atomic mass is 9.98. The molecule has 3 heterocycles. The van der Waals surface area contributed by atoms with Crippen LogP contribution in [-0.4, -0.2) is 19.1 Å². The van der Waals surface area contributed by atoms with E-state index in [1.807, 2.05) is 105 Å². The van der Waals surface area contributed by atoms with Gasteiger partial charge in [0.25, 0.3) is 0 Å². The zero-order valence-electron chi connectivity index (χ0n) is 43.4. The van der Waals surface area contributed by atoms with Gasteiger partial charge in [-0.05, 0) is 174 Å². The van der Waals surface area contributed by atoms with Crippen molar-refractivity contribution in [2.24, 2.45) is 0 Å². The lowest BCUT2D eigenvalue weighted by Gasteiger charge is -2.21. The van der Waals surface area contributed by atoms with Crippen LogP contribution >= 0.6 is 0 Å². The summed E-state index contributed by atoms with van der Waals surface area (Å²) in [4.78, 5) is 9.88. The average molecular weight is 1040 g/mol. The van der Waals surface area contributed by atoms with Gasteiger partial charge in [-0.25, -0.2) is 9.97 Å². The Hall–Kier alpha value is -12.9. The van der Waals surface area contributed by atoms with E-state index >= 15 is 0 Å². The van der Waals surface area contributed by atoms with Crippen molar-refractivity contribution in [3.05, 3.63) is 225 Å². The van der Waals surface area contributed by atoms with E-state index < -0.39 is 0 Å². The van der Waals surface area contributed by atoms with Gasteiger partial charge in [0.15, 0.2) is 0 Å². The van der Waals surface area contributed by atoms with Crippen LogP contribution in [0.3, 0.4) is 0 Å². The first-order valence-electron chi connectivity index (χ1n) is 25.4. The molecule has 0 N–H and O–H groups in total. The van der Waals surface area contributed by atoms with Gasteiger partial charge in [0.2, 0.25) is 0 Å². The molecule has 13 heteroatoms. The second-order valence-corrected chi connectivity index (χ2v) is 19.6. The van der Waals surface area contributed by atoms with Crippen LogP contribution in [0.2, 0.25) is 0 Å². The predicted molar refractivity (Wildman–Crippen MR) is 310 cm³/mol. The molecule has 0 aliphatic rings. The predicted octanol–water partition coefficient (Wildman–Crippen LogP) is 14.5. The molecule has 0 aliphatic carbocycles. The van der Waals surface area contributed by atoms with Crippen LogP contribution in [0.25, 0.3) is 111 Å². The molecule has 0 aliphatic heterocycles. The van der Waals surface area contributed by atoms with Crippen LogP contribution in [0.4, 0.5) is 0 Å². The summed E-state index contributed by atoms with van der Waals surface area (Å²) in [5.74, 6) is 0.475. The van der Waals surface area contributed by atoms with Crippen molar-refractivity contribution in [3.63, 3.8) is 0 Å². The topological polar surface area (TPSA) is 250 Å². The van der Waals surface area contributed by atoms with Gasteiger partial charge < -0.3 is 9.13 Å². The van der Waals surface area contributed by atoms with E-state index in [2.05, 4.69) is 63.8 Å². The van der Waals surface area contributed by atoms with Crippen molar-refractivity contribution in [1.82, 2.24) is 19.1 Å². The molecule has 0 unspecified atom stereocenters. The fraction of sp³-hybridized carbons (Fsp3) is 0.0290. The minimum atomic E-state index is 0.266. The third kappa shape index (κ3) is 8.55. The minimum absolute atomic E-state index is 0.266. The zero-order valence-corrected chi connectivity index (χ0v) is 43.4. The molecular formula is C69H33N13. The highest BCUT2D eigenvalue weighted by Crippen LogP contribution is 2.45. The molecule has 82 heavy (non-hydrogen) atoms. The Kier molecular flexibility index (Phi) is 12.1. The van der Waals surface area contributed by atoms with Gasteiger partial charge in [0.1, 0.15) is 5.82 Å². The van der Waals surface area contributed by atoms with E-state index in [0.29, 0.717) is 145 Å². The fourth-order valence-corrected chi connectivity index (χ4v) is 11.1. The summed E-state index contributed by atoms with van der Waals surface area (Å²) >= 11 is 0. The lowest BCUT2D eigenvalue weighted by Crippen LogP contribution is -2.07. The Morgan fingerprint density at radius 1 is 0.280 bits per heavy atom. The minimum Gasteiger partial charge on any atom is -0.308 e. The van der Waals surface area contributed by atoms with E-state index in [9.17, 15) is 47.4 Å². The number of fused-ring (bicyclic) bond motifs is 6. The standard InChI is InChI=1S/C69H33N13/c1-39-11-62(80-40(2)79-39)69-67(81-63-26-50(54-16-41(30-70)12-42(17-54)31-71)3-7-58(63)59-8-4-51(27-64(59)81)55-18-43(32-72)13-44(19-55)33-73)24-49(38-78)25-68(69)82-65-28-52(56-20-45(34-74)14-46(21-56)35-75)5-9-60(65)61-10-6-53(29-66(61)82)57-22-47(36-76)15-48(23-57)37-77/h3-29H,1-2H3. The molecular weight excluding hydrogens is 1010 g/mol. The summed E-state index contributed by atoms with van der Waals surface area (Å²) in [6.07, 6.45) is 0. The molecule has 0 fully saturated rings. The summed E-state index contributed by atoms with van der Waals surface area (Å²) in [6.45, 7) is 3.69. The van der Waals surface area contributed by atoms with E-state index in [1.54, 1.807) is 48.5 Å². The SMILES string of the molecule is Cc1cc(-c2c(-n3c4cc(-c5cc(C#N)cc(C#N)c5)ccc4c4ccc(-c5cc(C#N)cc(C#N)c5)cc43)cc(C#N)cc2-n2c3cc(-c4cc(C#N)cc(C#N)c4)ccc3c3ccc(-c4cc(C#N)cc(C#N)c4)cc32)nc(C)n1. The molecule has 374 valence electrons. The molecule has 12 aromatic rings. The summed E-state index contributed by atoms with van der Waals surface area (Å²) in [5.41, 5.74) is 13.5. The van der Waals surface area contributed by atoms with Crippen molar-refractivity contribution >= 4 is 43.6 Å². The Bertz CT molecular complexity index is 4550. The number of aromatic nitrogens is 4. The summed E-state index contributed by atoms with van der Waals surface area (Å²) in [5, 5.41) is 95.3. The highest BCUT2D eigenvalue weighted by Gasteiger charge is 2.26. The van der Waals surface area contributed by atoms with Gasteiger partial charge in [0.05, 0.1) is 144 Å². The number of aryl methyl sites for hydroxylation is 2. The summed E-state index contributed by atoms with van der Waals surface area (Å²) in [6, 6.07) is 69.2. The molecule has 12 rings (SSSR count). The molecule has 3 aromatic heterocycles. The van der Waals surface area contributed by atoms with E-state index in [-0.39, 0.29) is 5.56 Å².